The zero-order valence-electron chi connectivity index (χ0n) is 6.57. The number of aliphatic hydroxyl groups excluding tert-OH is 1. The van der Waals surface area contributed by atoms with E-state index in [9.17, 15) is 5.11 Å². The number of nitriles is 1. The molecule has 3 nitrogen and oxygen atoms in total. The highest BCUT2D eigenvalue weighted by Gasteiger charge is 2.03. The summed E-state index contributed by atoms with van der Waals surface area (Å²) < 4.78 is 0. The van der Waals surface area contributed by atoms with Crippen LogP contribution in [0.25, 0.3) is 0 Å². The SMILES string of the molecule is N#Cc1ccc([C@@H](O)CN)cc1. The lowest BCUT2D eigenvalue weighted by atomic mass is 10.1. The smallest absolute Gasteiger partial charge is 0.0991 e. The molecule has 0 spiro atoms. The average Bonchev–Trinajstić information content (AvgIpc) is 2.17. The maximum Gasteiger partial charge on any atom is 0.0991 e. The van der Waals surface area contributed by atoms with Gasteiger partial charge in [-0.25, -0.2) is 0 Å². The van der Waals surface area contributed by atoms with Gasteiger partial charge in [-0.15, -0.1) is 0 Å². The third-order valence-corrected chi connectivity index (χ3v) is 1.65. The molecule has 12 heavy (non-hydrogen) atoms. The van der Waals surface area contributed by atoms with Crippen molar-refractivity contribution in [2.24, 2.45) is 5.73 Å². The minimum absolute atomic E-state index is 0.200. The molecule has 0 aromatic heterocycles. The van der Waals surface area contributed by atoms with E-state index in [1.54, 1.807) is 24.3 Å². The highest BCUT2D eigenvalue weighted by atomic mass is 16.3. The first-order valence-electron chi connectivity index (χ1n) is 3.66. The van der Waals surface area contributed by atoms with Gasteiger partial charge in [-0.1, -0.05) is 12.1 Å². The summed E-state index contributed by atoms with van der Waals surface area (Å²) in [6, 6.07) is 8.73. The number of rotatable bonds is 2. The maximum absolute atomic E-state index is 9.28. The highest BCUT2D eigenvalue weighted by molar-refractivity contribution is 5.32. The Bertz CT molecular complexity index is 286. The molecule has 0 fully saturated rings. The maximum atomic E-state index is 9.28. The molecule has 0 aliphatic carbocycles. The second-order valence-corrected chi connectivity index (χ2v) is 2.49. The molecule has 0 bridgehead atoms. The van der Waals surface area contributed by atoms with Gasteiger partial charge in [-0.3, -0.25) is 0 Å². The van der Waals surface area contributed by atoms with Crippen molar-refractivity contribution in [3.05, 3.63) is 35.4 Å². The second kappa shape index (κ2) is 3.86. The molecule has 1 rings (SSSR count). The third-order valence-electron chi connectivity index (χ3n) is 1.65. The van der Waals surface area contributed by atoms with E-state index in [1.807, 2.05) is 6.07 Å². The summed E-state index contributed by atoms with van der Waals surface area (Å²) in [7, 11) is 0. The molecule has 0 amide bonds. The van der Waals surface area contributed by atoms with Crippen LogP contribution in [0.3, 0.4) is 0 Å². The van der Waals surface area contributed by atoms with Gasteiger partial charge in [-0.05, 0) is 17.7 Å². The minimum Gasteiger partial charge on any atom is -0.387 e. The van der Waals surface area contributed by atoms with Crippen LogP contribution in [0.5, 0.6) is 0 Å². The Balaban J connectivity index is 2.86. The second-order valence-electron chi connectivity index (χ2n) is 2.49. The van der Waals surface area contributed by atoms with E-state index in [2.05, 4.69) is 0 Å². The number of aliphatic hydroxyl groups is 1. The molecule has 3 N–H and O–H groups in total. The molecule has 0 radical (unpaired) electrons. The largest absolute Gasteiger partial charge is 0.387 e. The van der Waals surface area contributed by atoms with E-state index >= 15 is 0 Å². The molecule has 0 heterocycles. The lowest BCUT2D eigenvalue weighted by molar-refractivity contribution is 0.187. The van der Waals surface area contributed by atoms with E-state index in [0.717, 1.165) is 5.56 Å². The summed E-state index contributed by atoms with van der Waals surface area (Å²) in [5.41, 5.74) is 6.59. The lowest BCUT2D eigenvalue weighted by Gasteiger charge is -2.06. The van der Waals surface area contributed by atoms with Gasteiger partial charge >= 0.3 is 0 Å². The first-order chi connectivity index (χ1) is 5.77. The van der Waals surface area contributed by atoms with Crippen LogP contribution < -0.4 is 5.73 Å². The Kier molecular flexibility index (Phi) is 2.81. The highest BCUT2D eigenvalue weighted by Crippen LogP contribution is 2.11. The van der Waals surface area contributed by atoms with Crippen molar-refractivity contribution >= 4 is 0 Å². The number of nitrogens with zero attached hydrogens (tertiary/aromatic N) is 1. The summed E-state index contributed by atoms with van der Waals surface area (Å²) in [4.78, 5) is 0. The van der Waals surface area contributed by atoms with Crippen LogP contribution in [-0.4, -0.2) is 11.7 Å². The first kappa shape index (κ1) is 8.72. The van der Waals surface area contributed by atoms with Gasteiger partial charge in [0.2, 0.25) is 0 Å². The average molecular weight is 162 g/mol. The summed E-state index contributed by atoms with van der Waals surface area (Å²) >= 11 is 0. The van der Waals surface area contributed by atoms with Crippen LogP contribution in [0.15, 0.2) is 24.3 Å². The number of hydrogen-bond donors (Lipinski definition) is 2. The zero-order chi connectivity index (χ0) is 8.97. The summed E-state index contributed by atoms with van der Waals surface area (Å²) in [5, 5.41) is 17.8. The summed E-state index contributed by atoms with van der Waals surface area (Å²) in [5.74, 6) is 0. The van der Waals surface area contributed by atoms with Crippen molar-refractivity contribution in [2.75, 3.05) is 6.54 Å². The van der Waals surface area contributed by atoms with Crippen LogP contribution in [0.4, 0.5) is 0 Å². The normalized spacial score (nSPS) is 12.1. The molecule has 1 aromatic carbocycles. The first-order valence-corrected chi connectivity index (χ1v) is 3.66. The van der Waals surface area contributed by atoms with Gasteiger partial charge in [0, 0.05) is 6.54 Å². The van der Waals surface area contributed by atoms with Crippen LogP contribution >= 0.6 is 0 Å². The Labute approximate surface area is 71.1 Å². The summed E-state index contributed by atoms with van der Waals surface area (Å²) in [6.07, 6.45) is -0.627. The number of hydrogen-bond acceptors (Lipinski definition) is 3. The molecule has 1 atom stereocenters. The van der Waals surface area contributed by atoms with Crippen LogP contribution in [-0.2, 0) is 0 Å². The number of benzene rings is 1. The van der Waals surface area contributed by atoms with Crippen LogP contribution in [0.1, 0.15) is 17.2 Å². The van der Waals surface area contributed by atoms with Crippen molar-refractivity contribution in [2.45, 2.75) is 6.10 Å². The molecule has 3 heteroatoms. The molecule has 0 aliphatic heterocycles. The predicted molar refractivity (Wildman–Crippen MR) is 45.2 cm³/mol. The Morgan fingerprint density at radius 3 is 2.42 bits per heavy atom. The van der Waals surface area contributed by atoms with Gasteiger partial charge in [0.15, 0.2) is 0 Å². The molecular weight excluding hydrogens is 152 g/mol. The Morgan fingerprint density at radius 1 is 1.42 bits per heavy atom. The predicted octanol–water partition coefficient (Wildman–Crippen LogP) is 0.550. The van der Waals surface area contributed by atoms with Crippen molar-refractivity contribution in [3.8, 4) is 6.07 Å². The molecule has 0 unspecified atom stereocenters. The zero-order valence-corrected chi connectivity index (χ0v) is 6.57. The molecular formula is C9H10N2O. The molecule has 0 aliphatic rings. The van der Waals surface area contributed by atoms with Gasteiger partial charge in [0.1, 0.15) is 0 Å². The fourth-order valence-corrected chi connectivity index (χ4v) is 0.916. The van der Waals surface area contributed by atoms with Crippen molar-refractivity contribution in [3.63, 3.8) is 0 Å². The molecule has 1 aromatic rings. The topological polar surface area (TPSA) is 70.0 Å². The fraction of sp³-hybridized carbons (Fsp3) is 0.222. The lowest BCUT2D eigenvalue weighted by Crippen LogP contribution is -2.11. The molecule has 62 valence electrons. The minimum atomic E-state index is -0.627. The van der Waals surface area contributed by atoms with E-state index < -0.39 is 6.10 Å². The Morgan fingerprint density at radius 2 is 2.00 bits per heavy atom. The van der Waals surface area contributed by atoms with Gasteiger partial charge in [-0.2, -0.15) is 5.26 Å². The third kappa shape index (κ3) is 1.82. The number of nitrogens with two attached hydrogens (primary N) is 1. The van der Waals surface area contributed by atoms with E-state index in [4.69, 9.17) is 11.0 Å². The van der Waals surface area contributed by atoms with E-state index in [1.165, 1.54) is 0 Å². The van der Waals surface area contributed by atoms with Gasteiger partial charge < -0.3 is 10.8 Å². The van der Waals surface area contributed by atoms with E-state index in [-0.39, 0.29) is 6.54 Å². The standard InChI is InChI=1S/C9H10N2O/c10-5-7-1-3-8(4-2-7)9(12)6-11/h1-4,9,12H,6,11H2/t9-/m0/s1. The van der Waals surface area contributed by atoms with Crippen molar-refractivity contribution in [1.29, 1.82) is 5.26 Å². The monoisotopic (exact) mass is 162 g/mol. The van der Waals surface area contributed by atoms with Crippen molar-refractivity contribution in [1.82, 2.24) is 0 Å². The summed E-state index contributed by atoms with van der Waals surface area (Å²) in [6.45, 7) is 0.200. The van der Waals surface area contributed by atoms with E-state index in [0.29, 0.717) is 5.56 Å². The van der Waals surface area contributed by atoms with Crippen LogP contribution in [0, 0.1) is 11.3 Å². The van der Waals surface area contributed by atoms with Gasteiger partial charge in [0.25, 0.3) is 0 Å². The van der Waals surface area contributed by atoms with Gasteiger partial charge in [0.05, 0.1) is 17.7 Å². The quantitative estimate of drug-likeness (QED) is 0.667. The van der Waals surface area contributed by atoms with Crippen molar-refractivity contribution < 1.29 is 5.11 Å². The fourth-order valence-electron chi connectivity index (χ4n) is 0.916. The Hall–Kier alpha value is -1.37. The molecule has 0 saturated heterocycles. The molecule has 0 saturated carbocycles. The van der Waals surface area contributed by atoms with Crippen LogP contribution in [0.2, 0.25) is 0 Å².